The highest BCUT2D eigenvalue weighted by molar-refractivity contribution is 7.99. The van der Waals surface area contributed by atoms with Gasteiger partial charge < -0.3 is 10.2 Å². The molecule has 2 aromatic carbocycles. The minimum atomic E-state index is -0.579. The van der Waals surface area contributed by atoms with Gasteiger partial charge in [-0.25, -0.2) is 4.39 Å². The van der Waals surface area contributed by atoms with Crippen LogP contribution in [0, 0.1) is 5.82 Å². The number of rotatable bonds is 11. The first-order valence-electron chi connectivity index (χ1n) is 10.5. The highest BCUT2D eigenvalue weighted by Crippen LogP contribution is 2.21. The van der Waals surface area contributed by atoms with E-state index in [0.29, 0.717) is 17.2 Å². The fourth-order valence-corrected chi connectivity index (χ4v) is 4.16. The Morgan fingerprint density at radius 1 is 1.10 bits per heavy atom. The molecule has 2 atom stereocenters. The normalized spacial score (nSPS) is 12.8. The van der Waals surface area contributed by atoms with Crippen LogP contribution in [0.15, 0.2) is 48.5 Å². The fraction of sp³-hybridized carbons (Fsp3) is 0.417. The second-order valence-corrected chi connectivity index (χ2v) is 8.87. The lowest BCUT2D eigenvalue weighted by Gasteiger charge is -2.31. The number of hydrogen-bond acceptors (Lipinski definition) is 3. The molecule has 2 rings (SSSR count). The van der Waals surface area contributed by atoms with Gasteiger partial charge in [-0.2, -0.15) is 0 Å². The van der Waals surface area contributed by atoms with E-state index in [2.05, 4.69) is 5.32 Å². The molecule has 2 unspecified atom stereocenters. The van der Waals surface area contributed by atoms with E-state index in [0.717, 1.165) is 17.5 Å². The second kappa shape index (κ2) is 12.7. The monoisotopic (exact) mass is 464 g/mol. The highest BCUT2D eigenvalue weighted by atomic mass is 35.5. The van der Waals surface area contributed by atoms with Crippen molar-refractivity contribution in [1.82, 2.24) is 10.2 Å². The number of carbonyl (C=O) groups excluding carboxylic acids is 2. The van der Waals surface area contributed by atoms with Crippen molar-refractivity contribution in [2.45, 2.75) is 58.0 Å². The Kier molecular flexibility index (Phi) is 10.3. The first-order chi connectivity index (χ1) is 14.8. The summed E-state index contributed by atoms with van der Waals surface area (Å²) in [5, 5.41) is 3.56. The fourth-order valence-electron chi connectivity index (χ4n) is 3.09. The van der Waals surface area contributed by atoms with Gasteiger partial charge in [-0.3, -0.25) is 9.59 Å². The van der Waals surface area contributed by atoms with Crippen LogP contribution in [-0.2, 0) is 21.9 Å². The highest BCUT2D eigenvalue weighted by Gasteiger charge is 2.29. The number of thioether (sulfide) groups is 1. The van der Waals surface area contributed by atoms with E-state index < -0.39 is 6.04 Å². The lowest BCUT2D eigenvalue weighted by molar-refractivity contribution is -0.139. The molecule has 1 N–H and O–H groups in total. The Balaban J connectivity index is 2.14. The van der Waals surface area contributed by atoms with E-state index in [1.807, 2.05) is 39.0 Å². The predicted molar refractivity (Wildman–Crippen MR) is 127 cm³/mol. The van der Waals surface area contributed by atoms with E-state index >= 15 is 0 Å². The molecule has 2 amide bonds. The summed E-state index contributed by atoms with van der Waals surface area (Å²) in [4.78, 5) is 27.7. The summed E-state index contributed by atoms with van der Waals surface area (Å²) in [7, 11) is 0. The van der Waals surface area contributed by atoms with Crippen LogP contribution in [0.5, 0.6) is 0 Å². The molecule has 0 aliphatic rings. The lowest BCUT2D eigenvalue weighted by atomic mass is 10.1. The minimum Gasteiger partial charge on any atom is -0.352 e. The van der Waals surface area contributed by atoms with Crippen LogP contribution in [0.2, 0.25) is 5.02 Å². The molecule has 4 nitrogen and oxygen atoms in total. The van der Waals surface area contributed by atoms with Gasteiger partial charge in [0.25, 0.3) is 0 Å². The first-order valence-corrected chi connectivity index (χ1v) is 12.0. The van der Waals surface area contributed by atoms with Gasteiger partial charge in [0.15, 0.2) is 0 Å². The first kappa shape index (κ1) is 25.2. The van der Waals surface area contributed by atoms with Crippen LogP contribution in [0.3, 0.4) is 0 Å². The van der Waals surface area contributed by atoms with Gasteiger partial charge in [0.05, 0.1) is 5.75 Å². The molecule has 0 saturated heterocycles. The van der Waals surface area contributed by atoms with Gasteiger partial charge in [-0.1, -0.05) is 55.8 Å². The van der Waals surface area contributed by atoms with Crippen LogP contribution in [0.1, 0.15) is 44.7 Å². The van der Waals surface area contributed by atoms with Crippen molar-refractivity contribution in [3.8, 4) is 0 Å². The SMILES string of the molecule is CCC(C)NC(=O)C(CC)N(Cc1ccccc1Cl)C(=O)CSCc1ccc(F)cc1. The minimum absolute atomic E-state index is 0.0340. The van der Waals surface area contributed by atoms with E-state index in [1.54, 1.807) is 23.1 Å². The van der Waals surface area contributed by atoms with Crippen molar-refractivity contribution in [2.75, 3.05) is 5.75 Å². The molecule has 168 valence electrons. The molecule has 0 bridgehead atoms. The smallest absolute Gasteiger partial charge is 0.243 e. The van der Waals surface area contributed by atoms with Gasteiger partial charge >= 0.3 is 0 Å². The van der Waals surface area contributed by atoms with Crippen molar-refractivity contribution in [2.24, 2.45) is 0 Å². The molecule has 2 aromatic rings. The summed E-state index contributed by atoms with van der Waals surface area (Å²) in [5.74, 6) is 0.240. The van der Waals surface area contributed by atoms with Gasteiger partial charge in [-0.15, -0.1) is 11.8 Å². The molecular weight excluding hydrogens is 435 g/mol. The molecule has 0 fully saturated rings. The third-order valence-corrected chi connectivity index (χ3v) is 6.45. The predicted octanol–water partition coefficient (Wildman–Crippen LogP) is 5.43. The molecule has 0 aliphatic carbocycles. The number of halogens is 2. The maximum Gasteiger partial charge on any atom is 0.243 e. The number of benzene rings is 2. The maximum absolute atomic E-state index is 13.2. The lowest BCUT2D eigenvalue weighted by Crippen LogP contribution is -2.51. The summed E-state index contributed by atoms with van der Waals surface area (Å²) in [6, 6.07) is 13.1. The summed E-state index contributed by atoms with van der Waals surface area (Å²) in [5.41, 5.74) is 1.74. The van der Waals surface area contributed by atoms with Crippen molar-refractivity contribution in [3.05, 3.63) is 70.5 Å². The van der Waals surface area contributed by atoms with Gasteiger partial charge in [0.1, 0.15) is 11.9 Å². The average molecular weight is 465 g/mol. The zero-order chi connectivity index (χ0) is 22.8. The van der Waals surface area contributed by atoms with E-state index in [9.17, 15) is 14.0 Å². The molecule has 31 heavy (non-hydrogen) atoms. The number of carbonyl (C=O) groups is 2. The number of nitrogens with one attached hydrogen (secondary N) is 1. The Morgan fingerprint density at radius 3 is 2.39 bits per heavy atom. The molecule has 0 radical (unpaired) electrons. The third-order valence-electron chi connectivity index (χ3n) is 5.09. The number of amides is 2. The Morgan fingerprint density at radius 2 is 1.77 bits per heavy atom. The van der Waals surface area contributed by atoms with Crippen LogP contribution < -0.4 is 5.32 Å². The van der Waals surface area contributed by atoms with Crippen molar-refractivity contribution in [1.29, 1.82) is 0 Å². The van der Waals surface area contributed by atoms with Crippen LogP contribution in [0.25, 0.3) is 0 Å². The number of nitrogens with zero attached hydrogens (tertiary/aromatic N) is 1. The average Bonchev–Trinajstić information content (AvgIpc) is 2.76. The largest absolute Gasteiger partial charge is 0.352 e. The second-order valence-electron chi connectivity index (χ2n) is 7.47. The third kappa shape index (κ3) is 7.86. The molecule has 0 saturated carbocycles. The van der Waals surface area contributed by atoms with Crippen LogP contribution >= 0.6 is 23.4 Å². The van der Waals surface area contributed by atoms with Crippen molar-refractivity contribution >= 4 is 35.2 Å². The number of hydrogen-bond donors (Lipinski definition) is 1. The Labute approximate surface area is 193 Å². The standard InChI is InChI=1S/C24H30ClFN2O2S/c1-4-17(3)27-24(30)22(5-2)28(14-19-8-6-7-9-21(19)25)23(29)16-31-15-18-10-12-20(26)13-11-18/h6-13,17,22H,4-5,14-16H2,1-3H3,(H,27,30). The van der Waals surface area contributed by atoms with Gasteiger partial charge in [-0.05, 0) is 49.1 Å². The van der Waals surface area contributed by atoms with Crippen LogP contribution in [-0.4, -0.2) is 34.6 Å². The molecular formula is C24H30ClFN2O2S. The quantitative estimate of drug-likeness (QED) is 0.482. The van der Waals surface area contributed by atoms with Gasteiger partial charge in [0.2, 0.25) is 11.8 Å². The topological polar surface area (TPSA) is 49.4 Å². The molecule has 0 heterocycles. The van der Waals surface area contributed by atoms with E-state index in [-0.39, 0.29) is 36.0 Å². The zero-order valence-corrected chi connectivity index (χ0v) is 19.8. The molecule has 7 heteroatoms. The molecule has 0 aliphatic heterocycles. The van der Waals surface area contributed by atoms with Gasteiger partial charge in [0, 0.05) is 23.4 Å². The molecule has 0 aromatic heterocycles. The van der Waals surface area contributed by atoms with Crippen LogP contribution in [0.4, 0.5) is 4.39 Å². The van der Waals surface area contributed by atoms with E-state index in [4.69, 9.17) is 11.6 Å². The summed E-state index contributed by atoms with van der Waals surface area (Å²) in [6.45, 7) is 6.12. The maximum atomic E-state index is 13.2. The Bertz CT molecular complexity index is 863. The molecule has 0 spiro atoms. The summed E-state index contributed by atoms with van der Waals surface area (Å²) in [6.07, 6.45) is 1.31. The zero-order valence-electron chi connectivity index (χ0n) is 18.2. The van der Waals surface area contributed by atoms with Crippen molar-refractivity contribution < 1.29 is 14.0 Å². The van der Waals surface area contributed by atoms with Crippen molar-refractivity contribution in [3.63, 3.8) is 0 Å². The summed E-state index contributed by atoms with van der Waals surface area (Å²) < 4.78 is 13.1. The van der Waals surface area contributed by atoms with E-state index in [1.165, 1.54) is 23.9 Å². The summed E-state index contributed by atoms with van der Waals surface area (Å²) >= 11 is 7.77. The Hall–Kier alpha value is -2.05.